The average molecular weight is 277 g/mol. The van der Waals surface area contributed by atoms with Crippen molar-refractivity contribution in [3.8, 4) is 0 Å². The molecule has 0 radical (unpaired) electrons. The lowest BCUT2D eigenvalue weighted by Gasteiger charge is -2.07. The zero-order chi connectivity index (χ0) is 13.1. The molecule has 0 amide bonds. The van der Waals surface area contributed by atoms with E-state index in [9.17, 15) is 4.79 Å². The molecule has 0 N–H and O–H groups in total. The summed E-state index contributed by atoms with van der Waals surface area (Å²) in [6.07, 6.45) is 0. The molecular formula is C15H10Cl2O. The minimum atomic E-state index is -0.139. The monoisotopic (exact) mass is 276 g/mol. The molecule has 1 nitrogen and oxygen atoms in total. The molecule has 0 aliphatic carbocycles. The predicted molar refractivity (Wildman–Crippen MR) is 76.3 cm³/mol. The van der Waals surface area contributed by atoms with Gasteiger partial charge in [-0.1, -0.05) is 66.2 Å². The summed E-state index contributed by atoms with van der Waals surface area (Å²) >= 11 is 11.9. The van der Waals surface area contributed by atoms with Gasteiger partial charge in [0.2, 0.25) is 0 Å². The van der Waals surface area contributed by atoms with Gasteiger partial charge in [-0.25, -0.2) is 0 Å². The normalized spacial score (nSPS) is 10.1. The lowest BCUT2D eigenvalue weighted by Crippen LogP contribution is -2.01. The Labute approximate surface area is 116 Å². The van der Waals surface area contributed by atoms with Gasteiger partial charge in [0, 0.05) is 26.7 Å². The van der Waals surface area contributed by atoms with E-state index in [-0.39, 0.29) is 5.78 Å². The number of halogens is 2. The molecule has 90 valence electrons. The van der Waals surface area contributed by atoms with Gasteiger partial charge < -0.3 is 0 Å². The maximum atomic E-state index is 12.2. The van der Waals surface area contributed by atoms with E-state index in [4.69, 9.17) is 23.2 Å². The third-order valence-electron chi connectivity index (χ3n) is 2.57. The second kappa shape index (κ2) is 5.38. The Bertz CT molecular complexity index is 603. The summed E-state index contributed by atoms with van der Waals surface area (Å²) in [5.41, 5.74) is 1.56. The van der Waals surface area contributed by atoms with E-state index in [0.29, 0.717) is 26.7 Å². The quantitative estimate of drug-likeness (QED) is 0.576. The molecule has 0 unspecified atom stereocenters. The zero-order valence-electron chi connectivity index (χ0n) is 9.49. The molecule has 0 fully saturated rings. The first-order valence-electron chi connectivity index (χ1n) is 5.33. The fourth-order valence-electron chi connectivity index (χ4n) is 1.62. The van der Waals surface area contributed by atoms with Gasteiger partial charge in [-0.05, 0) is 12.1 Å². The molecule has 18 heavy (non-hydrogen) atoms. The van der Waals surface area contributed by atoms with Gasteiger partial charge in [-0.2, -0.15) is 0 Å². The van der Waals surface area contributed by atoms with Crippen molar-refractivity contribution >= 4 is 34.6 Å². The fraction of sp³-hybridized carbons (Fsp3) is 0. The van der Waals surface area contributed by atoms with Crippen molar-refractivity contribution in [1.82, 2.24) is 0 Å². The molecule has 2 aromatic carbocycles. The number of hydrogen-bond acceptors (Lipinski definition) is 1. The van der Waals surface area contributed by atoms with Crippen molar-refractivity contribution in [2.75, 3.05) is 0 Å². The second-order valence-corrected chi connectivity index (χ2v) is 4.64. The summed E-state index contributed by atoms with van der Waals surface area (Å²) in [4.78, 5) is 12.2. The number of ketones is 1. The van der Waals surface area contributed by atoms with Crippen LogP contribution < -0.4 is 0 Å². The van der Waals surface area contributed by atoms with Crippen LogP contribution in [0.1, 0.15) is 15.9 Å². The van der Waals surface area contributed by atoms with Crippen molar-refractivity contribution in [1.29, 1.82) is 0 Å². The topological polar surface area (TPSA) is 17.1 Å². The minimum Gasteiger partial charge on any atom is -0.289 e. The van der Waals surface area contributed by atoms with Crippen LogP contribution in [0.5, 0.6) is 0 Å². The number of carbonyl (C=O) groups is 1. The summed E-state index contributed by atoms with van der Waals surface area (Å²) < 4.78 is 0. The fourth-order valence-corrected chi connectivity index (χ4v) is 2.14. The van der Waals surface area contributed by atoms with Crippen LogP contribution in [0.2, 0.25) is 10.0 Å². The van der Waals surface area contributed by atoms with Gasteiger partial charge in [-0.15, -0.1) is 0 Å². The Morgan fingerprint density at radius 2 is 1.67 bits per heavy atom. The van der Waals surface area contributed by atoms with Crippen LogP contribution in [-0.4, -0.2) is 5.78 Å². The van der Waals surface area contributed by atoms with Gasteiger partial charge in [0.25, 0.3) is 0 Å². The summed E-state index contributed by atoms with van der Waals surface area (Å²) in [6.45, 7) is 3.81. The third-order valence-corrected chi connectivity index (χ3v) is 3.11. The van der Waals surface area contributed by atoms with Gasteiger partial charge in [-0.3, -0.25) is 4.79 Å². The van der Waals surface area contributed by atoms with Crippen LogP contribution >= 0.6 is 23.2 Å². The molecule has 0 aliphatic rings. The lowest BCUT2D eigenvalue weighted by molar-refractivity contribution is 0.105. The Morgan fingerprint density at radius 3 is 2.28 bits per heavy atom. The Kier molecular flexibility index (Phi) is 3.85. The van der Waals surface area contributed by atoms with Crippen LogP contribution in [-0.2, 0) is 0 Å². The van der Waals surface area contributed by atoms with Crippen LogP contribution in [0, 0.1) is 0 Å². The summed E-state index contributed by atoms with van der Waals surface area (Å²) in [5.74, 6) is -0.139. The Hall–Kier alpha value is -1.57. The molecule has 0 spiro atoms. The van der Waals surface area contributed by atoms with Crippen LogP contribution in [0.15, 0.2) is 55.1 Å². The van der Waals surface area contributed by atoms with Crippen molar-refractivity contribution in [2.45, 2.75) is 0 Å². The Balaban J connectivity index is 2.35. The van der Waals surface area contributed by atoms with E-state index in [1.165, 1.54) is 0 Å². The van der Waals surface area contributed by atoms with Gasteiger partial charge in [0.1, 0.15) is 0 Å². The number of Topliss-reactive ketones (excluding diaryl/α,β-unsaturated/α-hetero) is 1. The average Bonchev–Trinajstić information content (AvgIpc) is 2.38. The predicted octanol–water partition coefficient (Wildman–Crippen LogP) is 4.89. The molecule has 3 heteroatoms. The van der Waals surface area contributed by atoms with Crippen molar-refractivity contribution in [3.63, 3.8) is 0 Å². The number of hydrogen-bond donors (Lipinski definition) is 0. The summed E-state index contributed by atoms with van der Waals surface area (Å²) in [7, 11) is 0. The first-order chi connectivity index (χ1) is 8.59. The highest BCUT2D eigenvalue weighted by Gasteiger charge is 2.14. The molecule has 0 saturated carbocycles. The highest BCUT2D eigenvalue weighted by molar-refractivity contribution is 6.38. The highest BCUT2D eigenvalue weighted by atomic mass is 35.5. The maximum Gasteiger partial charge on any atom is 0.193 e. The van der Waals surface area contributed by atoms with Crippen molar-refractivity contribution in [2.24, 2.45) is 0 Å². The number of benzene rings is 2. The standard InChI is InChI=1S/C15H10Cl2O/c1-10(13-8-7-12(16)9-14(13)17)15(18)11-5-3-2-4-6-11/h2-9H,1H2. The summed E-state index contributed by atoms with van der Waals surface area (Å²) in [6, 6.07) is 14.0. The van der Waals surface area contributed by atoms with Gasteiger partial charge >= 0.3 is 0 Å². The van der Waals surface area contributed by atoms with Crippen LogP contribution in [0.25, 0.3) is 5.57 Å². The lowest BCUT2D eigenvalue weighted by atomic mass is 9.98. The molecule has 0 atom stereocenters. The molecule has 0 heterocycles. The molecule has 0 saturated heterocycles. The third kappa shape index (κ3) is 2.63. The van der Waals surface area contributed by atoms with Crippen molar-refractivity contribution in [3.05, 3.63) is 76.3 Å². The van der Waals surface area contributed by atoms with E-state index in [1.54, 1.807) is 30.3 Å². The molecule has 2 aromatic rings. The van der Waals surface area contributed by atoms with Crippen LogP contribution in [0.4, 0.5) is 0 Å². The van der Waals surface area contributed by atoms with Crippen LogP contribution in [0.3, 0.4) is 0 Å². The molecule has 2 rings (SSSR count). The van der Waals surface area contributed by atoms with Gasteiger partial charge in [0.05, 0.1) is 0 Å². The SMILES string of the molecule is C=C(C(=O)c1ccccc1)c1ccc(Cl)cc1Cl. The van der Waals surface area contributed by atoms with E-state index in [1.807, 2.05) is 18.2 Å². The largest absolute Gasteiger partial charge is 0.289 e. The van der Waals surface area contributed by atoms with E-state index in [0.717, 1.165) is 0 Å². The molecule has 0 aliphatic heterocycles. The minimum absolute atomic E-state index is 0.139. The number of allylic oxidation sites excluding steroid dienone is 1. The summed E-state index contributed by atoms with van der Waals surface area (Å²) in [5, 5.41) is 0.959. The van der Waals surface area contributed by atoms with Gasteiger partial charge in [0.15, 0.2) is 5.78 Å². The smallest absolute Gasteiger partial charge is 0.193 e. The maximum absolute atomic E-state index is 12.2. The first kappa shape index (κ1) is 12.9. The first-order valence-corrected chi connectivity index (χ1v) is 6.09. The molecule has 0 bridgehead atoms. The highest BCUT2D eigenvalue weighted by Crippen LogP contribution is 2.28. The number of carbonyl (C=O) groups excluding carboxylic acids is 1. The van der Waals surface area contributed by atoms with Crippen molar-refractivity contribution < 1.29 is 4.79 Å². The Morgan fingerprint density at radius 1 is 1.00 bits per heavy atom. The van der Waals surface area contributed by atoms with E-state index in [2.05, 4.69) is 6.58 Å². The zero-order valence-corrected chi connectivity index (χ0v) is 11.0. The van der Waals surface area contributed by atoms with E-state index >= 15 is 0 Å². The van der Waals surface area contributed by atoms with E-state index < -0.39 is 0 Å². The molecule has 0 aromatic heterocycles. The second-order valence-electron chi connectivity index (χ2n) is 3.80. The molecular weight excluding hydrogens is 267 g/mol. The number of rotatable bonds is 3.